The number of hydrogen-bond donors (Lipinski definition) is 3. The maximum Gasteiger partial charge on any atom is 0.273 e. The highest BCUT2D eigenvalue weighted by Crippen LogP contribution is 2.31. The number of hydrogen-bond acceptors (Lipinski definition) is 7. The van der Waals surface area contributed by atoms with Crippen LogP contribution in [0.15, 0.2) is 46.5 Å². The summed E-state index contributed by atoms with van der Waals surface area (Å²) < 4.78 is 39.8. The standard InChI is InChI=1S/C22H23F3N4O5/c1-11(8-23)28-34-12(2)22-7-15(18(30)19(31)17(27-22)21(33)29(3)10-22)20(32)26-9-13-4-5-14(24)6-16(13)25/h4-7,12,27,31H,8-10H2,1-3H3,(H,26,32)/b28-11+. The molecule has 1 saturated heterocycles. The van der Waals surface area contributed by atoms with Crippen LogP contribution in [-0.2, 0) is 25.8 Å². The first-order valence-corrected chi connectivity index (χ1v) is 10.2. The Bertz CT molecular complexity index is 1130. The van der Waals surface area contributed by atoms with Gasteiger partial charge in [-0.1, -0.05) is 11.2 Å². The summed E-state index contributed by atoms with van der Waals surface area (Å²) >= 11 is 0. The van der Waals surface area contributed by atoms with Crippen LogP contribution in [0, 0.1) is 11.6 Å². The number of rotatable bonds is 7. The van der Waals surface area contributed by atoms with Crippen molar-refractivity contribution in [3.63, 3.8) is 0 Å². The number of ketones is 1. The minimum Gasteiger partial charge on any atom is -0.503 e. The SMILES string of the molecule is C/C(CF)=N\OC(C)C12C=C(C(=O)NCc3ccc(F)cc3F)C(=O)C(O)=C(N1)C(=O)N(C)C2. The molecule has 2 aliphatic heterocycles. The van der Waals surface area contributed by atoms with Crippen molar-refractivity contribution in [2.75, 3.05) is 20.3 Å². The van der Waals surface area contributed by atoms with Crippen LogP contribution in [0.4, 0.5) is 13.2 Å². The molecule has 12 heteroatoms. The lowest BCUT2D eigenvalue weighted by Gasteiger charge is -2.43. The van der Waals surface area contributed by atoms with Crippen molar-refractivity contribution in [1.82, 2.24) is 15.5 Å². The van der Waals surface area contributed by atoms with Gasteiger partial charge in [0.25, 0.3) is 11.8 Å². The van der Waals surface area contributed by atoms with Gasteiger partial charge in [-0.2, -0.15) is 0 Å². The van der Waals surface area contributed by atoms with Gasteiger partial charge in [0.2, 0.25) is 5.78 Å². The monoisotopic (exact) mass is 480 g/mol. The Kier molecular flexibility index (Phi) is 6.99. The van der Waals surface area contributed by atoms with Crippen molar-refractivity contribution in [3.8, 4) is 0 Å². The summed E-state index contributed by atoms with van der Waals surface area (Å²) in [6.07, 6.45) is 0.249. The number of oxime groups is 1. The molecule has 2 bridgehead atoms. The van der Waals surface area contributed by atoms with E-state index in [1.54, 1.807) is 0 Å². The molecule has 3 rings (SSSR count). The Balaban J connectivity index is 1.99. The number of benzene rings is 1. The number of alkyl halides is 1. The number of nitrogens with one attached hydrogen (secondary N) is 2. The molecule has 0 aliphatic carbocycles. The quantitative estimate of drug-likeness (QED) is 0.308. The molecule has 182 valence electrons. The number of nitrogens with zero attached hydrogens (tertiary/aromatic N) is 2. The second-order valence-electron chi connectivity index (χ2n) is 8.06. The summed E-state index contributed by atoms with van der Waals surface area (Å²) in [6, 6.07) is 2.80. The molecule has 0 spiro atoms. The molecule has 2 atom stereocenters. The molecule has 9 nitrogen and oxygen atoms in total. The van der Waals surface area contributed by atoms with Crippen LogP contribution < -0.4 is 10.6 Å². The van der Waals surface area contributed by atoms with E-state index < -0.39 is 64.6 Å². The van der Waals surface area contributed by atoms with E-state index in [0.29, 0.717) is 6.07 Å². The number of aliphatic hydroxyl groups excluding tert-OH is 1. The zero-order chi connectivity index (χ0) is 25.2. The van der Waals surface area contributed by atoms with Crippen molar-refractivity contribution in [2.45, 2.75) is 32.0 Å². The largest absolute Gasteiger partial charge is 0.503 e. The number of Topliss-reactive ketones (excluding diaryl/α,β-unsaturated/α-hetero) is 1. The lowest BCUT2D eigenvalue weighted by molar-refractivity contribution is -0.131. The van der Waals surface area contributed by atoms with Crippen molar-refractivity contribution in [2.24, 2.45) is 5.16 Å². The van der Waals surface area contributed by atoms with Crippen molar-refractivity contribution in [3.05, 3.63) is 58.5 Å². The number of likely N-dealkylation sites (N-methyl/N-ethyl adjacent to an activating group) is 1. The van der Waals surface area contributed by atoms with Gasteiger partial charge in [0.05, 0.1) is 17.8 Å². The number of carbonyl (C=O) groups is 3. The Morgan fingerprint density at radius 3 is 2.74 bits per heavy atom. The van der Waals surface area contributed by atoms with Gasteiger partial charge in [0.15, 0.2) is 11.9 Å². The average Bonchev–Trinajstić information content (AvgIpc) is 2.89. The Morgan fingerprint density at radius 2 is 2.09 bits per heavy atom. The normalized spacial score (nSPS) is 21.5. The summed E-state index contributed by atoms with van der Waals surface area (Å²) in [7, 11) is 1.43. The van der Waals surface area contributed by atoms with Crippen LogP contribution in [0.5, 0.6) is 0 Å². The van der Waals surface area contributed by atoms with Crippen LogP contribution in [-0.4, -0.2) is 65.2 Å². The van der Waals surface area contributed by atoms with E-state index in [4.69, 9.17) is 4.84 Å². The minimum atomic E-state index is -1.41. The molecular weight excluding hydrogens is 457 g/mol. The van der Waals surface area contributed by atoms with Crippen LogP contribution in [0.3, 0.4) is 0 Å². The Hall–Kier alpha value is -3.83. The third-order valence-electron chi connectivity index (χ3n) is 5.50. The van der Waals surface area contributed by atoms with Crippen molar-refractivity contribution >= 4 is 23.3 Å². The highest BCUT2D eigenvalue weighted by atomic mass is 19.1. The van der Waals surface area contributed by atoms with Crippen molar-refractivity contribution < 1.29 is 37.5 Å². The highest BCUT2D eigenvalue weighted by molar-refractivity contribution is 6.26. The second-order valence-corrected chi connectivity index (χ2v) is 8.06. The van der Waals surface area contributed by atoms with Crippen LogP contribution in [0.1, 0.15) is 19.4 Å². The fraction of sp³-hybridized carbons (Fsp3) is 0.364. The lowest BCUT2D eigenvalue weighted by Crippen LogP contribution is -2.64. The highest BCUT2D eigenvalue weighted by Gasteiger charge is 2.49. The molecule has 1 aromatic carbocycles. The molecule has 3 N–H and O–H groups in total. The third kappa shape index (κ3) is 4.75. The average molecular weight is 480 g/mol. The van der Waals surface area contributed by atoms with E-state index in [-0.39, 0.29) is 24.4 Å². The molecule has 2 amide bonds. The molecule has 2 heterocycles. The first kappa shape index (κ1) is 24.8. The van der Waals surface area contributed by atoms with Gasteiger partial charge in [0, 0.05) is 25.2 Å². The first-order chi connectivity index (χ1) is 16.0. The molecule has 1 aromatic rings. The molecule has 0 aromatic heterocycles. The van der Waals surface area contributed by atoms with Crippen molar-refractivity contribution in [1.29, 1.82) is 0 Å². The first-order valence-electron chi connectivity index (χ1n) is 10.2. The van der Waals surface area contributed by atoms with E-state index in [1.165, 1.54) is 31.9 Å². The van der Waals surface area contributed by atoms with Gasteiger partial charge in [-0.05, 0) is 26.0 Å². The topological polar surface area (TPSA) is 120 Å². The van der Waals surface area contributed by atoms with E-state index >= 15 is 0 Å². The number of piperazine rings is 1. The second kappa shape index (κ2) is 9.57. The van der Waals surface area contributed by atoms with Gasteiger partial charge in [-0.15, -0.1) is 0 Å². The number of aliphatic hydroxyl groups is 1. The van der Waals surface area contributed by atoms with Crippen LogP contribution in [0.2, 0.25) is 0 Å². The molecule has 34 heavy (non-hydrogen) atoms. The predicted molar refractivity (Wildman–Crippen MR) is 114 cm³/mol. The molecule has 0 saturated carbocycles. The Morgan fingerprint density at radius 1 is 1.38 bits per heavy atom. The smallest absolute Gasteiger partial charge is 0.273 e. The van der Waals surface area contributed by atoms with Gasteiger partial charge in [-0.25, -0.2) is 13.2 Å². The molecular formula is C22H23F3N4O5. The molecule has 0 radical (unpaired) electrons. The summed E-state index contributed by atoms with van der Waals surface area (Å²) in [6.45, 7) is 1.59. The minimum absolute atomic E-state index is 0.0341. The van der Waals surface area contributed by atoms with E-state index in [2.05, 4.69) is 15.8 Å². The molecule has 1 fully saturated rings. The molecule has 2 aliphatic rings. The summed E-state index contributed by atoms with van der Waals surface area (Å²) in [4.78, 5) is 44.9. The number of allylic oxidation sites excluding steroid dienone is 1. The van der Waals surface area contributed by atoms with Gasteiger partial charge < -0.3 is 25.5 Å². The summed E-state index contributed by atoms with van der Waals surface area (Å²) in [5.74, 6) is -5.47. The van der Waals surface area contributed by atoms with E-state index in [1.807, 2.05) is 0 Å². The van der Waals surface area contributed by atoms with E-state index in [9.17, 15) is 32.7 Å². The number of amides is 2. The predicted octanol–water partition coefficient (Wildman–Crippen LogP) is 1.41. The van der Waals surface area contributed by atoms with Gasteiger partial charge >= 0.3 is 0 Å². The number of fused-ring (bicyclic) bond motifs is 2. The van der Waals surface area contributed by atoms with E-state index in [0.717, 1.165) is 12.1 Å². The van der Waals surface area contributed by atoms with Gasteiger partial charge in [0.1, 0.15) is 29.5 Å². The zero-order valence-electron chi connectivity index (χ0n) is 18.6. The maximum atomic E-state index is 13.9. The lowest BCUT2D eigenvalue weighted by atomic mass is 9.88. The van der Waals surface area contributed by atoms with Crippen LogP contribution in [0.25, 0.3) is 0 Å². The fourth-order valence-electron chi connectivity index (χ4n) is 3.53. The summed E-state index contributed by atoms with van der Waals surface area (Å²) in [5.41, 5.74) is -2.38. The third-order valence-corrected chi connectivity index (χ3v) is 5.50. The summed E-state index contributed by atoms with van der Waals surface area (Å²) in [5, 5.41) is 19.3. The number of carbonyl (C=O) groups excluding carboxylic acids is 3. The van der Waals surface area contributed by atoms with Crippen LogP contribution >= 0.6 is 0 Å². The fourth-order valence-corrected chi connectivity index (χ4v) is 3.53. The van der Waals surface area contributed by atoms with Gasteiger partial charge in [-0.3, -0.25) is 14.4 Å². The number of halogens is 3. The molecule has 2 unspecified atom stereocenters. The zero-order valence-corrected chi connectivity index (χ0v) is 18.6. The Labute approximate surface area is 192 Å². The maximum absolute atomic E-state index is 13.9.